The van der Waals surface area contributed by atoms with E-state index in [2.05, 4.69) is 28.4 Å². The third-order valence-electron chi connectivity index (χ3n) is 0.712. The van der Waals surface area contributed by atoms with E-state index < -0.39 is 0 Å². The number of carbonyl (C=O) groups is 2. The van der Waals surface area contributed by atoms with E-state index in [0.29, 0.717) is 19.4 Å². The summed E-state index contributed by atoms with van der Waals surface area (Å²) < 4.78 is 0. The second-order valence-corrected chi connectivity index (χ2v) is 1.63. The molecule has 78 valence electrons. The molecule has 0 aliphatic rings. The van der Waals surface area contributed by atoms with Crippen molar-refractivity contribution in [3.8, 4) is 24.2 Å². The van der Waals surface area contributed by atoms with Gasteiger partial charge in [-0.2, -0.15) is 0 Å². The van der Waals surface area contributed by atoms with Gasteiger partial charge in [0.2, 0.25) is 12.8 Å². The molecule has 6 heteroatoms. The van der Waals surface area contributed by atoms with Gasteiger partial charge in [0.15, 0.2) is 0 Å². The van der Waals surface area contributed by atoms with Crippen LogP contribution in [0, 0.1) is 60.7 Å². The van der Waals surface area contributed by atoms with Crippen LogP contribution < -0.4 is 10.6 Å². The zero-order valence-electron chi connectivity index (χ0n) is 7.96. The molecule has 0 atom stereocenters. The Morgan fingerprint density at radius 1 is 1.27 bits per heavy atom. The molecule has 0 aromatic heterocycles. The molecule has 0 unspecified atom stereocenters. The first-order valence-corrected chi connectivity index (χ1v) is 3.50. The van der Waals surface area contributed by atoms with Crippen molar-refractivity contribution in [2.24, 2.45) is 0 Å². The number of amides is 2. The summed E-state index contributed by atoms with van der Waals surface area (Å²) in [6, 6.07) is 0. The Labute approximate surface area is 113 Å². The van der Waals surface area contributed by atoms with Gasteiger partial charge in [-0.3, -0.25) is 15.5 Å². The zero-order chi connectivity index (χ0) is 11.1. The molecule has 2 amide bonds. The van der Waals surface area contributed by atoms with E-state index >= 15 is 0 Å². The molecule has 0 aromatic carbocycles. The quantitative estimate of drug-likeness (QED) is 0.169. The molecule has 0 rings (SSSR count). The Hall–Kier alpha value is -1.22. The molecular formula is C9H10N3O2U-. The molecule has 0 saturated heterocycles. The van der Waals surface area contributed by atoms with E-state index in [4.69, 9.17) is 11.8 Å². The standard InChI is InChI=1S/C5H5N2O.C4H5NO.U/c6-3-1-2-4-7-5-8;1-2-3-5-4-6;/h5-6H,4H2,(H,7,8);1,4H,3H2,(H,5,6);/q-1;;. The zero-order valence-corrected chi connectivity index (χ0v) is 12.1. The number of nitrogens with one attached hydrogen (secondary N) is 3. The average molecular weight is 430 g/mol. The Bertz CT molecular complexity index is 263. The molecule has 0 aliphatic carbocycles. The molecule has 3 N–H and O–H groups in total. The van der Waals surface area contributed by atoms with Gasteiger partial charge >= 0.3 is 0 Å². The van der Waals surface area contributed by atoms with Gasteiger partial charge in [-0.1, -0.05) is 5.92 Å². The van der Waals surface area contributed by atoms with Crippen molar-refractivity contribution in [2.45, 2.75) is 0 Å². The summed E-state index contributed by atoms with van der Waals surface area (Å²) in [5.74, 6) is 6.90. The average Bonchev–Trinajstić information content (AvgIpc) is 2.22. The third kappa shape index (κ3) is 32.3. The molecule has 0 radical (unpaired) electrons. The summed E-state index contributed by atoms with van der Waals surface area (Å²) in [5, 5.41) is 10.9. The largest absolute Gasteiger partial charge is 0.403 e. The molecule has 0 spiro atoms. The first kappa shape index (κ1) is 19.4. The summed E-state index contributed by atoms with van der Waals surface area (Å²) in [7, 11) is 0. The molecule has 5 nitrogen and oxygen atoms in total. The Morgan fingerprint density at radius 3 is 2.13 bits per heavy atom. The minimum atomic E-state index is 0. The van der Waals surface area contributed by atoms with Crippen molar-refractivity contribution in [1.82, 2.24) is 10.6 Å². The first-order valence-electron chi connectivity index (χ1n) is 3.50. The van der Waals surface area contributed by atoms with E-state index in [0.717, 1.165) is 0 Å². The van der Waals surface area contributed by atoms with Crippen molar-refractivity contribution in [2.75, 3.05) is 13.1 Å². The molecular weight excluding hydrogens is 420 g/mol. The molecule has 0 heterocycles. The summed E-state index contributed by atoms with van der Waals surface area (Å²) in [6.07, 6.45) is 7.73. The van der Waals surface area contributed by atoms with Gasteiger partial charge in [0.1, 0.15) is 0 Å². The van der Waals surface area contributed by atoms with Gasteiger partial charge in [-0.05, 0) is 6.54 Å². The molecule has 0 aliphatic heterocycles. The molecule has 0 aromatic rings. The van der Waals surface area contributed by atoms with Crippen molar-refractivity contribution >= 4 is 19.0 Å². The Balaban J connectivity index is -0.000000187. The number of hydrogen-bond donors (Lipinski definition) is 3. The number of rotatable bonds is 4. The normalized spacial score (nSPS) is 5.53. The summed E-state index contributed by atoms with van der Waals surface area (Å²) in [5.41, 5.74) is 0. The Morgan fingerprint density at radius 2 is 1.80 bits per heavy atom. The molecule has 0 saturated carbocycles. The topological polar surface area (TPSA) is 82.1 Å². The maximum absolute atomic E-state index is 9.52. The second-order valence-electron chi connectivity index (χ2n) is 1.63. The van der Waals surface area contributed by atoms with E-state index in [-0.39, 0.29) is 37.7 Å². The van der Waals surface area contributed by atoms with Crippen LogP contribution in [0.15, 0.2) is 0 Å². The molecule has 0 bridgehead atoms. The van der Waals surface area contributed by atoms with E-state index in [1.807, 2.05) is 6.21 Å². The number of carbonyl (C=O) groups excluding carboxylic acids is 2. The van der Waals surface area contributed by atoms with Gasteiger partial charge in [-0.25, -0.2) is 0 Å². The van der Waals surface area contributed by atoms with Crippen molar-refractivity contribution < 1.29 is 40.7 Å². The van der Waals surface area contributed by atoms with Gasteiger partial charge in [0.05, 0.1) is 6.54 Å². The third-order valence-corrected chi connectivity index (χ3v) is 0.712. The smallest absolute Gasteiger partial charge is 0.207 e. The van der Waals surface area contributed by atoms with Crippen LogP contribution in [-0.4, -0.2) is 32.1 Å². The van der Waals surface area contributed by atoms with Crippen molar-refractivity contribution in [3.63, 3.8) is 0 Å². The summed E-state index contributed by atoms with van der Waals surface area (Å²) in [6.45, 7) is 0.610. The van der Waals surface area contributed by atoms with Crippen LogP contribution in [-0.2, 0) is 9.59 Å². The fraction of sp³-hybridized carbons (Fsp3) is 0.222. The van der Waals surface area contributed by atoms with Crippen LogP contribution in [0.25, 0.3) is 0 Å². The predicted octanol–water partition coefficient (Wildman–Crippen LogP) is -1.37. The maximum Gasteiger partial charge on any atom is 0.207 e. The minimum absolute atomic E-state index is 0. The van der Waals surface area contributed by atoms with Crippen LogP contribution in [0.2, 0.25) is 0 Å². The van der Waals surface area contributed by atoms with Crippen LogP contribution in [0.5, 0.6) is 0 Å². The van der Waals surface area contributed by atoms with E-state index in [1.165, 1.54) is 0 Å². The number of terminal acetylenes is 1. The second kappa shape index (κ2) is 23.0. The SMILES string of the molecule is C#CCNC=O.N=[C-]C#CCNC=O.[U]. The monoisotopic (exact) mass is 430 g/mol. The van der Waals surface area contributed by atoms with Crippen molar-refractivity contribution in [1.29, 1.82) is 5.41 Å². The molecule has 15 heavy (non-hydrogen) atoms. The van der Waals surface area contributed by atoms with Crippen LogP contribution in [0.1, 0.15) is 0 Å². The predicted molar refractivity (Wildman–Crippen MR) is 52.5 cm³/mol. The van der Waals surface area contributed by atoms with E-state index in [1.54, 1.807) is 0 Å². The maximum atomic E-state index is 9.52. The molecule has 0 fully saturated rings. The van der Waals surface area contributed by atoms with Gasteiger partial charge in [0, 0.05) is 31.1 Å². The van der Waals surface area contributed by atoms with Crippen LogP contribution in [0.3, 0.4) is 0 Å². The first-order chi connectivity index (χ1) is 6.83. The van der Waals surface area contributed by atoms with E-state index in [9.17, 15) is 9.59 Å². The van der Waals surface area contributed by atoms with Gasteiger partial charge in [-0.15, -0.1) is 12.6 Å². The Kier molecular flexibility index (Phi) is 29.7. The minimum Gasteiger partial charge on any atom is -0.403 e. The fourth-order valence-electron chi connectivity index (χ4n) is 0.282. The van der Waals surface area contributed by atoms with Gasteiger partial charge in [0.25, 0.3) is 0 Å². The van der Waals surface area contributed by atoms with Gasteiger partial charge < -0.3 is 22.0 Å². The van der Waals surface area contributed by atoms with Crippen molar-refractivity contribution in [3.05, 3.63) is 0 Å². The number of hydrogen-bond acceptors (Lipinski definition) is 3. The summed E-state index contributed by atoms with van der Waals surface area (Å²) in [4.78, 5) is 18.9. The fourth-order valence-corrected chi connectivity index (χ4v) is 0.282. The summed E-state index contributed by atoms with van der Waals surface area (Å²) >= 11 is 0. The van der Waals surface area contributed by atoms with Crippen LogP contribution >= 0.6 is 0 Å². The van der Waals surface area contributed by atoms with Crippen LogP contribution in [0.4, 0.5) is 0 Å².